The van der Waals surface area contributed by atoms with Crippen molar-refractivity contribution in [3.05, 3.63) is 35.4 Å². The van der Waals surface area contributed by atoms with Gasteiger partial charge in [0.05, 0.1) is 11.7 Å². The number of rotatable bonds is 6. The molecule has 0 aromatic heterocycles. The maximum atomic E-state index is 12.5. The lowest BCUT2D eigenvalue weighted by atomic mass is 9.77. The zero-order valence-electron chi connectivity index (χ0n) is 14.0. The first kappa shape index (κ1) is 19.2. The van der Waals surface area contributed by atoms with Crippen molar-refractivity contribution < 1.29 is 23.4 Å². The van der Waals surface area contributed by atoms with Crippen LogP contribution in [0, 0.1) is 5.41 Å². The fourth-order valence-corrected chi connectivity index (χ4v) is 3.30. The molecule has 1 aliphatic heterocycles. The average molecular weight is 345 g/mol. The van der Waals surface area contributed by atoms with Crippen LogP contribution < -0.4 is 0 Å². The van der Waals surface area contributed by atoms with Crippen molar-refractivity contribution in [3.8, 4) is 0 Å². The highest BCUT2D eigenvalue weighted by molar-refractivity contribution is 5.25. The van der Waals surface area contributed by atoms with Crippen molar-refractivity contribution in [3.63, 3.8) is 0 Å². The Labute approximate surface area is 141 Å². The number of likely N-dealkylation sites (tertiary alicyclic amines) is 1. The number of aliphatic hydroxyl groups is 2. The van der Waals surface area contributed by atoms with Crippen LogP contribution in [0.25, 0.3) is 0 Å². The van der Waals surface area contributed by atoms with Gasteiger partial charge in [-0.05, 0) is 61.9 Å². The zero-order valence-corrected chi connectivity index (χ0v) is 14.0. The molecule has 0 saturated carbocycles. The van der Waals surface area contributed by atoms with Crippen LogP contribution in [-0.2, 0) is 12.6 Å². The number of benzene rings is 1. The van der Waals surface area contributed by atoms with E-state index >= 15 is 0 Å². The lowest BCUT2D eigenvalue weighted by molar-refractivity contribution is -0.137. The van der Waals surface area contributed by atoms with Crippen LogP contribution in [0.1, 0.15) is 37.3 Å². The van der Waals surface area contributed by atoms with Gasteiger partial charge in [0.2, 0.25) is 0 Å². The fraction of sp³-hybridized carbons (Fsp3) is 0.667. The van der Waals surface area contributed by atoms with Gasteiger partial charge >= 0.3 is 6.18 Å². The van der Waals surface area contributed by atoms with Crippen molar-refractivity contribution in [2.75, 3.05) is 26.2 Å². The van der Waals surface area contributed by atoms with E-state index in [1.807, 2.05) is 0 Å². The van der Waals surface area contributed by atoms with Crippen LogP contribution in [-0.4, -0.2) is 47.5 Å². The van der Waals surface area contributed by atoms with Gasteiger partial charge < -0.3 is 15.1 Å². The normalized spacial score (nSPS) is 20.1. The summed E-state index contributed by atoms with van der Waals surface area (Å²) in [6.45, 7) is 4.46. The molecule has 136 valence electrons. The third-order valence-electron chi connectivity index (χ3n) is 5.22. The summed E-state index contributed by atoms with van der Waals surface area (Å²) in [6.07, 6.45) is -1.83. The lowest BCUT2D eigenvalue weighted by Gasteiger charge is -2.40. The molecule has 0 aliphatic carbocycles. The van der Waals surface area contributed by atoms with Crippen LogP contribution in [0.5, 0.6) is 0 Å². The van der Waals surface area contributed by atoms with Crippen LogP contribution in [0.3, 0.4) is 0 Å². The molecular weight excluding hydrogens is 319 g/mol. The van der Waals surface area contributed by atoms with Gasteiger partial charge in [0.25, 0.3) is 0 Å². The molecule has 0 amide bonds. The molecule has 1 aromatic rings. The predicted octanol–water partition coefficient (Wildman–Crippen LogP) is 3.09. The highest BCUT2D eigenvalue weighted by atomic mass is 19.4. The second kappa shape index (κ2) is 7.85. The molecular formula is C18H26F3NO2. The average Bonchev–Trinajstić information content (AvgIpc) is 2.55. The SMILES string of the molecule is CCC1(CO)CCN(CC(O)Cc2ccc(C(F)(F)F)cc2)CC1. The number of β-amino-alcohol motifs (C(OH)–C–C–N with tert-alkyl or cyclic N) is 1. The third kappa shape index (κ3) is 4.94. The maximum absolute atomic E-state index is 12.5. The first-order valence-electron chi connectivity index (χ1n) is 8.45. The molecule has 24 heavy (non-hydrogen) atoms. The Bertz CT molecular complexity index is 502. The van der Waals surface area contributed by atoms with Gasteiger partial charge in [-0.15, -0.1) is 0 Å². The monoisotopic (exact) mass is 345 g/mol. The van der Waals surface area contributed by atoms with E-state index in [4.69, 9.17) is 0 Å². The highest BCUT2D eigenvalue weighted by Gasteiger charge is 2.33. The molecule has 2 N–H and O–H groups in total. The molecule has 1 saturated heterocycles. The number of hydrogen-bond acceptors (Lipinski definition) is 3. The summed E-state index contributed by atoms with van der Waals surface area (Å²) in [5.41, 5.74) is 0.0389. The van der Waals surface area contributed by atoms with Gasteiger partial charge in [-0.2, -0.15) is 13.2 Å². The van der Waals surface area contributed by atoms with Gasteiger partial charge in [-0.25, -0.2) is 0 Å². The van der Waals surface area contributed by atoms with E-state index in [1.54, 1.807) is 0 Å². The Balaban J connectivity index is 1.83. The van der Waals surface area contributed by atoms with Gasteiger partial charge in [-0.1, -0.05) is 19.1 Å². The summed E-state index contributed by atoms with van der Waals surface area (Å²) in [5, 5.41) is 19.8. The molecule has 3 nitrogen and oxygen atoms in total. The first-order chi connectivity index (χ1) is 11.3. The van der Waals surface area contributed by atoms with E-state index in [1.165, 1.54) is 12.1 Å². The minimum absolute atomic E-state index is 0.00881. The Hall–Kier alpha value is -1.11. The largest absolute Gasteiger partial charge is 0.416 e. The van der Waals surface area contributed by atoms with E-state index in [0.29, 0.717) is 18.5 Å². The number of hydrogen-bond donors (Lipinski definition) is 2. The molecule has 0 radical (unpaired) electrons. The zero-order chi connectivity index (χ0) is 17.8. The van der Waals surface area contributed by atoms with E-state index in [0.717, 1.165) is 44.5 Å². The molecule has 1 heterocycles. The Morgan fingerprint density at radius 2 is 1.75 bits per heavy atom. The van der Waals surface area contributed by atoms with Crippen molar-refractivity contribution in [2.45, 2.75) is 44.9 Å². The number of piperidine rings is 1. The van der Waals surface area contributed by atoms with Crippen molar-refractivity contribution in [1.29, 1.82) is 0 Å². The molecule has 1 aromatic carbocycles. The van der Waals surface area contributed by atoms with E-state index < -0.39 is 17.8 Å². The van der Waals surface area contributed by atoms with Gasteiger partial charge in [0, 0.05) is 13.2 Å². The lowest BCUT2D eigenvalue weighted by Crippen LogP contribution is -2.44. The highest BCUT2D eigenvalue weighted by Crippen LogP contribution is 2.34. The number of alkyl halides is 3. The summed E-state index contributed by atoms with van der Waals surface area (Å²) in [4.78, 5) is 2.16. The fourth-order valence-electron chi connectivity index (χ4n) is 3.30. The second-order valence-corrected chi connectivity index (χ2v) is 6.86. The van der Waals surface area contributed by atoms with Crippen LogP contribution in [0.15, 0.2) is 24.3 Å². The molecule has 1 atom stereocenters. The van der Waals surface area contributed by atoms with Gasteiger partial charge in [0.1, 0.15) is 0 Å². The van der Waals surface area contributed by atoms with Gasteiger partial charge in [-0.3, -0.25) is 0 Å². The molecule has 1 aliphatic rings. The first-order valence-corrected chi connectivity index (χ1v) is 8.45. The van der Waals surface area contributed by atoms with Crippen molar-refractivity contribution in [1.82, 2.24) is 4.90 Å². The Kier molecular flexibility index (Phi) is 6.28. The topological polar surface area (TPSA) is 43.7 Å². The predicted molar refractivity (Wildman–Crippen MR) is 86.6 cm³/mol. The smallest absolute Gasteiger partial charge is 0.396 e. The quantitative estimate of drug-likeness (QED) is 0.833. The van der Waals surface area contributed by atoms with Crippen molar-refractivity contribution >= 4 is 0 Å². The summed E-state index contributed by atoms with van der Waals surface area (Å²) >= 11 is 0. The second-order valence-electron chi connectivity index (χ2n) is 6.86. The number of aliphatic hydroxyl groups excluding tert-OH is 2. The van der Waals surface area contributed by atoms with Crippen LogP contribution >= 0.6 is 0 Å². The van der Waals surface area contributed by atoms with E-state index in [-0.39, 0.29) is 12.0 Å². The summed E-state index contributed by atoms with van der Waals surface area (Å²) in [7, 11) is 0. The van der Waals surface area contributed by atoms with Crippen molar-refractivity contribution in [2.24, 2.45) is 5.41 Å². The van der Waals surface area contributed by atoms with E-state index in [9.17, 15) is 23.4 Å². The molecule has 1 unspecified atom stereocenters. The minimum atomic E-state index is -4.33. The Morgan fingerprint density at radius 3 is 2.21 bits per heavy atom. The number of halogens is 3. The maximum Gasteiger partial charge on any atom is 0.416 e. The molecule has 0 spiro atoms. The molecule has 2 rings (SSSR count). The van der Waals surface area contributed by atoms with Gasteiger partial charge in [0.15, 0.2) is 0 Å². The van der Waals surface area contributed by atoms with Crippen LogP contribution in [0.2, 0.25) is 0 Å². The molecule has 0 bridgehead atoms. The molecule has 1 fully saturated rings. The summed E-state index contributed by atoms with van der Waals surface area (Å²) in [6, 6.07) is 4.96. The standard InChI is InChI=1S/C18H26F3NO2/c1-2-17(13-23)7-9-22(10-8-17)12-16(24)11-14-3-5-15(6-4-14)18(19,20)21/h3-6,16,23-24H,2,7-13H2,1H3. The molecule has 6 heteroatoms. The summed E-state index contributed by atoms with van der Waals surface area (Å²) < 4.78 is 37.6. The van der Waals surface area contributed by atoms with E-state index in [2.05, 4.69) is 11.8 Å². The third-order valence-corrected chi connectivity index (χ3v) is 5.22. The summed E-state index contributed by atoms with van der Waals surface area (Å²) in [5.74, 6) is 0. The number of nitrogens with zero attached hydrogens (tertiary/aromatic N) is 1. The minimum Gasteiger partial charge on any atom is -0.396 e. The van der Waals surface area contributed by atoms with Crippen LogP contribution in [0.4, 0.5) is 13.2 Å². The Morgan fingerprint density at radius 1 is 1.17 bits per heavy atom.